The van der Waals surface area contributed by atoms with Crippen LogP contribution in [0.2, 0.25) is 0 Å². The van der Waals surface area contributed by atoms with Crippen LogP contribution in [0.3, 0.4) is 0 Å². The van der Waals surface area contributed by atoms with Crippen molar-refractivity contribution in [2.75, 3.05) is 19.6 Å². The highest BCUT2D eigenvalue weighted by Crippen LogP contribution is 2.28. The fraction of sp³-hybridized carbons (Fsp3) is 0.692. The number of hydrogen-bond acceptors (Lipinski definition) is 2. The van der Waals surface area contributed by atoms with Gasteiger partial charge in [-0.2, -0.15) is 0 Å². The van der Waals surface area contributed by atoms with E-state index in [0.29, 0.717) is 19.5 Å². The second kappa shape index (κ2) is 6.26. The second-order valence-corrected chi connectivity index (χ2v) is 4.60. The molecule has 98 valence electrons. The Hall–Kier alpha value is -0.740. The number of halogens is 2. The molecule has 1 aliphatic rings. The lowest BCUT2D eigenvalue weighted by molar-refractivity contribution is -0.00589. The van der Waals surface area contributed by atoms with Gasteiger partial charge in [0.05, 0.1) is 6.54 Å². The summed E-state index contributed by atoms with van der Waals surface area (Å²) >= 11 is 0. The summed E-state index contributed by atoms with van der Waals surface area (Å²) in [5, 5.41) is 0. The summed E-state index contributed by atoms with van der Waals surface area (Å²) in [6.45, 7) is 6.36. The minimum atomic E-state index is -2.76. The number of alkyl halides is 2. The summed E-state index contributed by atoms with van der Waals surface area (Å²) in [6, 6.07) is 0.175. The molecule has 0 bridgehead atoms. The van der Waals surface area contributed by atoms with Gasteiger partial charge in [-0.1, -0.05) is 25.7 Å². The van der Waals surface area contributed by atoms with Gasteiger partial charge < -0.3 is 5.73 Å². The Kier molecular flexibility index (Phi) is 5.28. The SMILES string of the molecule is C=C/C=C(\CC)C(F)(F)CN1CCC(N)CC1. The van der Waals surface area contributed by atoms with Crippen molar-refractivity contribution in [3.05, 3.63) is 24.3 Å². The molecule has 4 heteroatoms. The molecule has 0 aromatic carbocycles. The molecular weight excluding hydrogens is 222 g/mol. The van der Waals surface area contributed by atoms with Crippen molar-refractivity contribution in [3.63, 3.8) is 0 Å². The van der Waals surface area contributed by atoms with Gasteiger partial charge in [0.25, 0.3) is 5.92 Å². The van der Waals surface area contributed by atoms with Crippen molar-refractivity contribution in [2.45, 2.75) is 38.2 Å². The molecule has 2 N–H and O–H groups in total. The van der Waals surface area contributed by atoms with Gasteiger partial charge in [-0.3, -0.25) is 4.90 Å². The van der Waals surface area contributed by atoms with Crippen LogP contribution in [0.15, 0.2) is 24.3 Å². The number of likely N-dealkylation sites (tertiary alicyclic amines) is 1. The molecule has 0 saturated carbocycles. The zero-order valence-corrected chi connectivity index (χ0v) is 10.5. The van der Waals surface area contributed by atoms with E-state index in [1.54, 1.807) is 11.8 Å². The molecule has 0 aliphatic carbocycles. The average molecular weight is 244 g/mol. The van der Waals surface area contributed by atoms with Crippen molar-refractivity contribution < 1.29 is 8.78 Å². The lowest BCUT2D eigenvalue weighted by Crippen LogP contribution is -2.45. The first-order valence-corrected chi connectivity index (χ1v) is 6.17. The lowest BCUT2D eigenvalue weighted by atomic mass is 10.0. The zero-order chi connectivity index (χ0) is 12.9. The third-order valence-corrected chi connectivity index (χ3v) is 3.22. The highest BCUT2D eigenvalue weighted by Gasteiger charge is 2.35. The molecule has 17 heavy (non-hydrogen) atoms. The van der Waals surface area contributed by atoms with E-state index in [2.05, 4.69) is 6.58 Å². The molecule has 2 nitrogen and oxygen atoms in total. The van der Waals surface area contributed by atoms with Crippen LogP contribution in [0.5, 0.6) is 0 Å². The van der Waals surface area contributed by atoms with Crippen LogP contribution in [0, 0.1) is 0 Å². The first kappa shape index (κ1) is 14.3. The maximum absolute atomic E-state index is 14.0. The van der Waals surface area contributed by atoms with Crippen LogP contribution in [0.4, 0.5) is 8.78 Å². The summed E-state index contributed by atoms with van der Waals surface area (Å²) in [4.78, 5) is 1.80. The molecule has 0 spiro atoms. The van der Waals surface area contributed by atoms with Crippen LogP contribution < -0.4 is 5.73 Å². The molecule has 1 rings (SSSR count). The van der Waals surface area contributed by atoms with E-state index < -0.39 is 5.92 Å². The average Bonchev–Trinajstić information content (AvgIpc) is 2.28. The van der Waals surface area contributed by atoms with E-state index in [1.807, 2.05) is 0 Å². The molecule has 0 aromatic rings. The number of hydrogen-bond donors (Lipinski definition) is 1. The Labute approximate surface area is 102 Å². The van der Waals surface area contributed by atoms with Crippen molar-refractivity contribution in [1.82, 2.24) is 4.90 Å². The van der Waals surface area contributed by atoms with Gasteiger partial charge in [0.1, 0.15) is 0 Å². The second-order valence-electron chi connectivity index (χ2n) is 4.60. The Morgan fingerprint density at radius 1 is 1.47 bits per heavy atom. The molecule has 0 unspecified atom stereocenters. The largest absolute Gasteiger partial charge is 0.328 e. The monoisotopic (exact) mass is 244 g/mol. The molecular formula is C13H22F2N2. The normalized spacial score (nSPS) is 20.6. The minimum absolute atomic E-state index is 0.155. The molecule has 1 aliphatic heterocycles. The van der Waals surface area contributed by atoms with E-state index >= 15 is 0 Å². The standard InChI is InChI=1S/C13H22F2N2/c1-3-5-11(4-2)13(14,15)10-17-8-6-12(16)7-9-17/h3,5,12H,1,4,6-10,16H2,2H3/b11-5+. The van der Waals surface area contributed by atoms with E-state index in [4.69, 9.17) is 5.73 Å². The zero-order valence-electron chi connectivity index (χ0n) is 10.5. The van der Waals surface area contributed by atoms with Crippen LogP contribution in [-0.4, -0.2) is 36.5 Å². The fourth-order valence-electron chi connectivity index (χ4n) is 2.13. The molecule has 0 aromatic heterocycles. The highest BCUT2D eigenvalue weighted by molar-refractivity contribution is 5.18. The van der Waals surface area contributed by atoms with Gasteiger partial charge >= 0.3 is 0 Å². The van der Waals surface area contributed by atoms with Crippen molar-refractivity contribution >= 4 is 0 Å². The van der Waals surface area contributed by atoms with E-state index in [1.165, 1.54) is 12.2 Å². The highest BCUT2D eigenvalue weighted by atomic mass is 19.3. The third-order valence-electron chi connectivity index (χ3n) is 3.22. The number of rotatable bonds is 5. The maximum Gasteiger partial charge on any atom is 0.282 e. The topological polar surface area (TPSA) is 29.3 Å². The van der Waals surface area contributed by atoms with E-state index in [9.17, 15) is 8.78 Å². The van der Waals surface area contributed by atoms with Gasteiger partial charge in [-0.05, 0) is 37.9 Å². The van der Waals surface area contributed by atoms with Gasteiger partial charge in [0.2, 0.25) is 0 Å². The van der Waals surface area contributed by atoms with Gasteiger partial charge in [-0.25, -0.2) is 8.78 Å². The lowest BCUT2D eigenvalue weighted by Gasteiger charge is -2.33. The number of nitrogens with two attached hydrogens (primary N) is 1. The van der Waals surface area contributed by atoms with Gasteiger partial charge in [0.15, 0.2) is 0 Å². The predicted molar refractivity (Wildman–Crippen MR) is 67.2 cm³/mol. The third kappa shape index (κ3) is 4.21. The Morgan fingerprint density at radius 3 is 2.53 bits per heavy atom. The fourth-order valence-corrected chi connectivity index (χ4v) is 2.13. The number of allylic oxidation sites excluding steroid dienone is 2. The minimum Gasteiger partial charge on any atom is -0.328 e. The quantitative estimate of drug-likeness (QED) is 0.753. The van der Waals surface area contributed by atoms with Crippen molar-refractivity contribution in [3.8, 4) is 0 Å². The first-order chi connectivity index (χ1) is 7.99. The van der Waals surface area contributed by atoms with Crippen LogP contribution in [0.25, 0.3) is 0 Å². The van der Waals surface area contributed by atoms with Crippen molar-refractivity contribution in [2.24, 2.45) is 5.73 Å². The predicted octanol–water partition coefficient (Wildman–Crippen LogP) is 2.57. The van der Waals surface area contributed by atoms with Crippen molar-refractivity contribution in [1.29, 1.82) is 0 Å². The van der Waals surface area contributed by atoms with Gasteiger partial charge in [0, 0.05) is 6.04 Å². The molecule has 0 atom stereocenters. The van der Waals surface area contributed by atoms with E-state index in [0.717, 1.165) is 12.8 Å². The molecule has 1 heterocycles. The number of piperidine rings is 1. The summed E-state index contributed by atoms with van der Waals surface area (Å²) in [5.74, 6) is -2.76. The van der Waals surface area contributed by atoms with Crippen LogP contribution >= 0.6 is 0 Å². The molecule has 1 saturated heterocycles. The maximum atomic E-state index is 14.0. The summed E-state index contributed by atoms with van der Waals surface area (Å²) in [6.07, 6.45) is 4.83. The summed E-state index contributed by atoms with van der Waals surface area (Å²) < 4.78 is 27.9. The molecule has 0 radical (unpaired) electrons. The smallest absolute Gasteiger partial charge is 0.282 e. The molecule has 0 amide bonds. The Bertz CT molecular complexity index is 279. The van der Waals surface area contributed by atoms with E-state index in [-0.39, 0.29) is 18.2 Å². The summed E-state index contributed by atoms with van der Waals surface area (Å²) in [7, 11) is 0. The molecule has 1 fully saturated rings. The van der Waals surface area contributed by atoms with Crippen LogP contribution in [0.1, 0.15) is 26.2 Å². The number of nitrogens with zero attached hydrogens (tertiary/aromatic N) is 1. The first-order valence-electron chi connectivity index (χ1n) is 6.17. The summed E-state index contributed by atoms with van der Waals surface area (Å²) in [5.41, 5.74) is 5.91. The Morgan fingerprint density at radius 2 is 2.06 bits per heavy atom. The Balaban J connectivity index is 2.59. The van der Waals surface area contributed by atoms with Crippen LogP contribution in [-0.2, 0) is 0 Å². The van der Waals surface area contributed by atoms with Gasteiger partial charge in [-0.15, -0.1) is 0 Å².